The number of anilines is 2. The van der Waals surface area contributed by atoms with Gasteiger partial charge in [-0.25, -0.2) is 8.42 Å². The third-order valence-corrected chi connectivity index (χ3v) is 8.27. The molecular formula is C30H24ClN3O3S. The summed E-state index contributed by atoms with van der Waals surface area (Å²) >= 11 is 6.34. The summed E-state index contributed by atoms with van der Waals surface area (Å²) in [6, 6.07) is 25.2. The predicted molar refractivity (Wildman–Crippen MR) is 152 cm³/mol. The summed E-state index contributed by atoms with van der Waals surface area (Å²) in [5.41, 5.74) is 4.52. The van der Waals surface area contributed by atoms with Crippen LogP contribution < -0.4 is 9.62 Å². The Hall–Kier alpha value is -4.20. The second kappa shape index (κ2) is 10.7. The molecule has 0 radical (unpaired) electrons. The highest BCUT2D eigenvalue weighted by Gasteiger charge is 2.41. The van der Waals surface area contributed by atoms with E-state index in [1.165, 1.54) is 10.4 Å². The SMILES string of the molecule is C=CCN1c2ccc(Cl)cc2C(c2ccccc2)=C(C(=O)Nc2ccc(Cc3ccncc3)cc2)S1(=O)=O. The Morgan fingerprint density at radius 3 is 2.32 bits per heavy atom. The van der Waals surface area contributed by atoms with Crippen LogP contribution in [0, 0.1) is 0 Å². The predicted octanol–water partition coefficient (Wildman–Crippen LogP) is 6.06. The molecule has 0 fully saturated rings. The number of halogens is 1. The number of amides is 1. The van der Waals surface area contributed by atoms with Crippen molar-refractivity contribution in [2.75, 3.05) is 16.2 Å². The van der Waals surface area contributed by atoms with Gasteiger partial charge in [0.1, 0.15) is 0 Å². The number of carbonyl (C=O) groups is 1. The van der Waals surface area contributed by atoms with Crippen LogP contribution in [-0.2, 0) is 21.2 Å². The zero-order valence-corrected chi connectivity index (χ0v) is 21.9. The van der Waals surface area contributed by atoms with Gasteiger partial charge in [0.25, 0.3) is 15.9 Å². The Morgan fingerprint density at radius 1 is 0.947 bits per heavy atom. The van der Waals surface area contributed by atoms with Crippen molar-refractivity contribution in [2.24, 2.45) is 0 Å². The minimum atomic E-state index is -4.24. The number of hydrogen-bond donors (Lipinski definition) is 1. The molecule has 8 heteroatoms. The van der Waals surface area contributed by atoms with Crippen LogP contribution >= 0.6 is 11.6 Å². The van der Waals surface area contributed by atoms with E-state index in [1.54, 1.807) is 67.0 Å². The minimum Gasteiger partial charge on any atom is -0.321 e. The lowest BCUT2D eigenvalue weighted by atomic mass is 9.95. The van der Waals surface area contributed by atoms with Gasteiger partial charge < -0.3 is 5.32 Å². The summed E-state index contributed by atoms with van der Waals surface area (Å²) in [5.74, 6) is -0.731. The first-order chi connectivity index (χ1) is 18.4. The normalized spacial score (nSPS) is 14.1. The van der Waals surface area contributed by atoms with Gasteiger partial charge in [0.05, 0.1) is 12.2 Å². The fourth-order valence-corrected chi connectivity index (χ4v) is 6.37. The van der Waals surface area contributed by atoms with Crippen molar-refractivity contribution in [1.82, 2.24) is 4.98 Å². The monoisotopic (exact) mass is 541 g/mol. The molecule has 3 aromatic carbocycles. The van der Waals surface area contributed by atoms with Crippen molar-refractivity contribution < 1.29 is 13.2 Å². The quantitative estimate of drug-likeness (QED) is 0.288. The second-order valence-electron chi connectivity index (χ2n) is 8.74. The summed E-state index contributed by atoms with van der Waals surface area (Å²) in [6.45, 7) is 3.71. The maximum Gasteiger partial charge on any atom is 0.270 e. The Balaban J connectivity index is 1.58. The summed E-state index contributed by atoms with van der Waals surface area (Å²) in [7, 11) is -4.24. The van der Waals surface area contributed by atoms with Gasteiger partial charge in [-0.05, 0) is 65.6 Å². The Bertz CT molecular complexity index is 1640. The van der Waals surface area contributed by atoms with E-state index in [4.69, 9.17) is 11.6 Å². The molecule has 1 aliphatic rings. The van der Waals surface area contributed by atoms with Crippen LogP contribution in [0.1, 0.15) is 22.3 Å². The van der Waals surface area contributed by atoms with Gasteiger partial charge >= 0.3 is 0 Å². The van der Waals surface area contributed by atoms with Crippen LogP contribution in [0.4, 0.5) is 11.4 Å². The summed E-state index contributed by atoms with van der Waals surface area (Å²) in [4.78, 5) is 17.4. The second-order valence-corrected chi connectivity index (χ2v) is 11.0. The Labute approximate surface area is 227 Å². The highest BCUT2D eigenvalue weighted by atomic mass is 35.5. The number of carbonyl (C=O) groups excluding carboxylic acids is 1. The molecule has 0 unspecified atom stereocenters. The molecular weight excluding hydrogens is 518 g/mol. The van der Waals surface area contributed by atoms with Crippen molar-refractivity contribution in [1.29, 1.82) is 0 Å². The van der Waals surface area contributed by atoms with Gasteiger partial charge in [0.15, 0.2) is 4.91 Å². The number of hydrogen-bond acceptors (Lipinski definition) is 4. The van der Waals surface area contributed by atoms with Gasteiger partial charge in [0.2, 0.25) is 0 Å². The number of aromatic nitrogens is 1. The topological polar surface area (TPSA) is 79.4 Å². The first-order valence-corrected chi connectivity index (χ1v) is 13.7. The average molecular weight is 542 g/mol. The number of pyridine rings is 1. The number of sulfonamides is 1. The van der Waals surface area contributed by atoms with Crippen molar-refractivity contribution >= 4 is 44.5 Å². The van der Waals surface area contributed by atoms with E-state index in [9.17, 15) is 13.2 Å². The molecule has 6 nitrogen and oxygen atoms in total. The van der Waals surface area contributed by atoms with Crippen LogP contribution in [0.3, 0.4) is 0 Å². The van der Waals surface area contributed by atoms with Crippen molar-refractivity contribution in [3.8, 4) is 0 Å². The molecule has 1 aromatic heterocycles. The molecule has 2 heterocycles. The molecule has 0 spiro atoms. The maximum absolute atomic E-state index is 13.9. The Morgan fingerprint density at radius 2 is 1.63 bits per heavy atom. The number of benzene rings is 3. The van der Waals surface area contributed by atoms with Crippen molar-refractivity contribution in [2.45, 2.75) is 6.42 Å². The molecule has 0 saturated heterocycles. The molecule has 0 bridgehead atoms. The first kappa shape index (κ1) is 25.4. The summed E-state index contributed by atoms with van der Waals surface area (Å²) in [6.07, 6.45) is 5.68. The van der Waals surface area contributed by atoms with E-state index < -0.39 is 15.9 Å². The molecule has 38 heavy (non-hydrogen) atoms. The summed E-state index contributed by atoms with van der Waals surface area (Å²) in [5, 5.41) is 3.22. The number of nitrogens with one attached hydrogen (secondary N) is 1. The zero-order chi connectivity index (χ0) is 26.7. The van der Waals surface area contributed by atoms with Crippen LogP contribution in [-0.4, -0.2) is 25.9 Å². The van der Waals surface area contributed by atoms with Crippen LogP contribution in [0.5, 0.6) is 0 Å². The smallest absolute Gasteiger partial charge is 0.270 e. The summed E-state index contributed by atoms with van der Waals surface area (Å²) < 4.78 is 29.1. The van der Waals surface area contributed by atoms with Crippen molar-refractivity contribution in [3.63, 3.8) is 0 Å². The van der Waals surface area contributed by atoms with Gasteiger partial charge in [0, 0.05) is 34.2 Å². The third-order valence-electron chi connectivity index (χ3n) is 6.20. The van der Waals surface area contributed by atoms with Gasteiger partial charge in [-0.15, -0.1) is 6.58 Å². The molecule has 1 N–H and O–H groups in total. The molecule has 0 atom stereocenters. The van der Waals surface area contributed by atoms with E-state index in [2.05, 4.69) is 16.9 Å². The standard InChI is InChI=1S/C30H24ClN3O3S/c1-2-18-34-27-13-10-24(31)20-26(27)28(23-6-4-3-5-7-23)29(38(34,36)37)30(35)33-25-11-8-21(9-12-25)19-22-14-16-32-17-15-22/h2-17,20H,1,18-19H2,(H,33,35). The third kappa shape index (κ3) is 4.98. The molecule has 0 aliphatic carbocycles. The molecule has 190 valence electrons. The maximum atomic E-state index is 13.9. The van der Waals surface area contributed by atoms with Gasteiger partial charge in [-0.1, -0.05) is 60.1 Å². The largest absolute Gasteiger partial charge is 0.321 e. The fraction of sp³-hybridized carbons (Fsp3) is 0.0667. The van der Waals surface area contributed by atoms with Gasteiger partial charge in [-0.2, -0.15) is 0 Å². The number of fused-ring (bicyclic) bond motifs is 1. The first-order valence-electron chi connectivity index (χ1n) is 11.9. The Kier molecular flexibility index (Phi) is 7.13. The van der Waals surface area contributed by atoms with Crippen LogP contribution in [0.25, 0.3) is 5.57 Å². The zero-order valence-electron chi connectivity index (χ0n) is 20.3. The molecule has 0 saturated carbocycles. The van der Waals surface area contributed by atoms with Crippen LogP contribution in [0.15, 0.2) is 115 Å². The van der Waals surface area contributed by atoms with E-state index in [0.717, 1.165) is 11.1 Å². The van der Waals surface area contributed by atoms with Crippen LogP contribution in [0.2, 0.25) is 5.02 Å². The van der Waals surface area contributed by atoms with E-state index in [0.29, 0.717) is 39.5 Å². The van der Waals surface area contributed by atoms with E-state index >= 15 is 0 Å². The lowest BCUT2D eigenvalue weighted by Crippen LogP contribution is -2.39. The number of rotatable bonds is 7. The average Bonchev–Trinajstić information content (AvgIpc) is 2.92. The highest BCUT2D eigenvalue weighted by molar-refractivity contribution is 7.97. The molecule has 4 aromatic rings. The fourth-order valence-electron chi connectivity index (χ4n) is 4.48. The molecule has 1 amide bonds. The highest BCUT2D eigenvalue weighted by Crippen LogP contribution is 2.44. The van der Waals surface area contributed by atoms with E-state index in [1.807, 2.05) is 30.3 Å². The number of nitrogens with zero attached hydrogens (tertiary/aromatic N) is 2. The molecule has 1 aliphatic heterocycles. The molecule has 5 rings (SSSR count). The van der Waals surface area contributed by atoms with Crippen molar-refractivity contribution in [3.05, 3.63) is 142 Å². The lowest BCUT2D eigenvalue weighted by molar-refractivity contribution is -0.112. The lowest BCUT2D eigenvalue weighted by Gasteiger charge is -2.33. The minimum absolute atomic E-state index is 0.000478. The van der Waals surface area contributed by atoms with E-state index in [-0.39, 0.29) is 11.4 Å². The van der Waals surface area contributed by atoms with Gasteiger partial charge in [-0.3, -0.25) is 14.1 Å².